The third-order valence-electron chi connectivity index (χ3n) is 2.45. The molecule has 0 spiro atoms. The molecule has 88 valence electrons. The first-order chi connectivity index (χ1) is 7.49. The van der Waals surface area contributed by atoms with E-state index in [1.807, 2.05) is 0 Å². The Balaban J connectivity index is 3.08. The van der Waals surface area contributed by atoms with Crippen LogP contribution in [0.3, 0.4) is 0 Å². The zero-order valence-corrected chi connectivity index (χ0v) is 9.44. The van der Waals surface area contributed by atoms with Gasteiger partial charge in [-0.25, -0.2) is 19.2 Å². The smallest absolute Gasteiger partial charge is 0.326 e. The molecule has 0 bridgehead atoms. The quantitative estimate of drug-likeness (QED) is 0.834. The van der Waals surface area contributed by atoms with Crippen molar-refractivity contribution < 1.29 is 14.3 Å². The molecule has 5 nitrogen and oxygen atoms in total. The van der Waals surface area contributed by atoms with E-state index < -0.39 is 17.8 Å². The van der Waals surface area contributed by atoms with E-state index in [0.717, 1.165) is 0 Å². The molecule has 0 aromatic carbocycles. The van der Waals surface area contributed by atoms with Crippen molar-refractivity contribution >= 4 is 11.8 Å². The summed E-state index contributed by atoms with van der Waals surface area (Å²) in [6.45, 7) is 3.24. The number of carboxylic acids is 1. The van der Waals surface area contributed by atoms with Crippen LogP contribution in [0.25, 0.3) is 0 Å². The number of carbonyl (C=O) groups is 1. The van der Waals surface area contributed by atoms with Crippen LogP contribution in [0.1, 0.15) is 19.5 Å². The molecule has 0 radical (unpaired) electrons. The third kappa shape index (κ3) is 2.26. The number of rotatable bonds is 4. The highest BCUT2D eigenvalue weighted by Gasteiger charge is 2.22. The molecule has 0 saturated carbocycles. The Labute approximate surface area is 92.9 Å². The zero-order valence-electron chi connectivity index (χ0n) is 9.44. The van der Waals surface area contributed by atoms with Crippen LogP contribution in [-0.2, 0) is 11.2 Å². The molecule has 0 aliphatic heterocycles. The fourth-order valence-corrected chi connectivity index (χ4v) is 1.24. The van der Waals surface area contributed by atoms with Crippen LogP contribution in [0.4, 0.5) is 10.2 Å². The van der Waals surface area contributed by atoms with Crippen molar-refractivity contribution in [1.82, 2.24) is 9.97 Å². The lowest BCUT2D eigenvalue weighted by Gasteiger charge is -2.23. The molecular weight excluding hydrogens is 213 g/mol. The van der Waals surface area contributed by atoms with Gasteiger partial charge in [-0.15, -0.1) is 0 Å². The first kappa shape index (κ1) is 12.4. The Hall–Kier alpha value is -1.72. The number of aromatic nitrogens is 2. The summed E-state index contributed by atoms with van der Waals surface area (Å²) in [5.41, 5.74) is 0.287. The highest BCUT2D eigenvalue weighted by molar-refractivity contribution is 5.77. The van der Waals surface area contributed by atoms with Crippen LogP contribution >= 0.6 is 0 Å². The maximum atomic E-state index is 13.8. The topological polar surface area (TPSA) is 66.3 Å². The van der Waals surface area contributed by atoms with E-state index in [1.165, 1.54) is 25.2 Å². The molecule has 1 heterocycles. The molecule has 0 aliphatic rings. The van der Waals surface area contributed by atoms with Gasteiger partial charge in [0.1, 0.15) is 12.4 Å². The minimum Gasteiger partial charge on any atom is -0.480 e. The molecule has 1 N–H and O–H groups in total. The number of likely N-dealkylation sites (N-methyl/N-ethyl adjacent to an activating group) is 1. The number of aliphatic carboxylic acids is 1. The Bertz CT molecular complexity index is 398. The molecule has 1 atom stereocenters. The van der Waals surface area contributed by atoms with Gasteiger partial charge in [0.25, 0.3) is 0 Å². The average molecular weight is 227 g/mol. The van der Waals surface area contributed by atoms with E-state index in [4.69, 9.17) is 5.11 Å². The predicted molar refractivity (Wildman–Crippen MR) is 56.9 cm³/mol. The minimum absolute atomic E-state index is 0.0155. The number of hydrogen-bond donors (Lipinski definition) is 1. The lowest BCUT2D eigenvalue weighted by Crippen LogP contribution is -2.37. The molecule has 6 heteroatoms. The SMILES string of the molecule is CCc1ncnc(N(C)C(C)C(=O)O)c1F. The van der Waals surface area contributed by atoms with Gasteiger partial charge in [0.05, 0.1) is 5.69 Å². The van der Waals surface area contributed by atoms with Crippen LogP contribution in [0.2, 0.25) is 0 Å². The number of aryl methyl sites for hydroxylation is 1. The molecule has 1 rings (SSSR count). The van der Waals surface area contributed by atoms with Gasteiger partial charge in [0.15, 0.2) is 11.6 Å². The summed E-state index contributed by atoms with van der Waals surface area (Å²) < 4.78 is 13.8. The second kappa shape index (κ2) is 4.87. The van der Waals surface area contributed by atoms with E-state index in [1.54, 1.807) is 6.92 Å². The largest absolute Gasteiger partial charge is 0.480 e. The van der Waals surface area contributed by atoms with Gasteiger partial charge in [-0.1, -0.05) is 6.92 Å². The molecule has 1 aromatic heterocycles. The number of carboxylic acid groups (broad SMARTS) is 1. The van der Waals surface area contributed by atoms with Gasteiger partial charge < -0.3 is 10.0 Å². The second-order valence-electron chi connectivity index (χ2n) is 3.44. The lowest BCUT2D eigenvalue weighted by molar-refractivity contribution is -0.138. The van der Waals surface area contributed by atoms with Crippen molar-refractivity contribution in [2.24, 2.45) is 0 Å². The molecular formula is C10H14FN3O2. The van der Waals surface area contributed by atoms with E-state index in [2.05, 4.69) is 9.97 Å². The third-order valence-corrected chi connectivity index (χ3v) is 2.45. The Morgan fingerprint density at radius 3 is 2.75 bits per heavy atom. The van der Waals surface area contributed by atoms with Crippen LogP contribution in [0, 0.1) is 5.82 Å². The van der Waals surface area contributed by atoms with Crippen LogP contribution in [-0.4, -0.2) is 34.1 Å². The average Bonchev–Trinajstić information content (AvgIpc) is 2.27. The van der Waals surface area contributed by atoms with Gasteiger partial charge in [-0.3, -0.25) is 0 Å². The molecule has 1 aromatic rings. The van der Waals surface area contributed by atoms with E-state index in [-0.39, 0.29) is 11.5 Å². The normalized spacial score (nSPS) is 12.2. The summed E-state index contributed by atoms with van der Waals surface area (Å²) in [6.07, 6.45) is 1.68. The highest BCUT2D eigenvalue weighted by atomic mass is 19.1. The first-order valence-electron chi connectivity index (χ1n) is 4.94. The van der Waals surface area contributed by atoms with Crippen LogP contribution in [0.5, 0.6) is 0 Å². The summed E-state index contributed by atoms with van der Waals surface area (Å²) in [5.74, 6) is -1.57. The van der Waals surface area contributed by atoms with Crippen LogP contribution < -0.4 is 4.90 Å². The van der Waals surface area contributed by atoms with Crippen LogP contribution in [0.15, 0.2) is 6.33 Å². The number of hydrogen-bond acceptors (Lipinski definition) is 4. The lowest BCUT2D eigenvalue weighted by atomic mass is 10.2. The van der Waals surface area contributed by atoms with Gasteiger partial charge in [-0.2, -0.15) is 0 Å². The Kier molecular flexibility index (Phi) is 3.76. The molecule has 1 unspecified atom stereocenters. The monoisotopic (exact) mass is 227 g/mol. The number of anilines is 1. The van der Waals surface area contributed by atoms with Crippen molar-refractivity contribution in [1.29, 1.82) is 0 Å². The summed E-state index contributed by atoms with van der Waals surface area (Å²) in [5, 5.41) is 8.82. The molecule has 0 aliphatic carbocycles. The van der Waals surface area contributed by atoms with E-state index >= 15 is 0 Å². The molecule has 0 saturated heterocycles. The number of nitrogens with zero attached hydrogens (tertiary/aromatic N) is 3. The summed E-state index contributed by atoms with van der Waals surface area (Å²) in [6, 6.07) is -0.839. The highest BCUT2D eigenvalue weighted by Crippen LogP contribution is 2.18. The fourth-order valence-electron chi connectivity index (χ4n) is 1.24. The summed E-state index contributed by atoms with van der Waals surface area (Å²) >= 11 is 0. The van der Waals surface area contributed by atoms with Crippen molar-refractivity contribution in [3.8, 4) is 0 Å². The fraction of sp³-hybridized carbons (Fsp3) is 0.500. The predicted octanol–water partition coefficient (Wildman–Crippen LogP) is 1.09. The minimum atomic E-state index is -1.03. The molecule has 16 heavy (non-hydrogen) atoms. The Morgan fingerprint density at radius 1 is 1.62 bits per heavy atom. The van der Waals surface area contributed by atoms with Gasteiger partial charge in [0, 0.05) is 7.05 Å². The van der Waals surface area contributed by atoms with E-state index in [0.29, 0.717) is 6.42 Å². The van der Waals surface area contributed by atoms with Crippen molar-refractivity contribution in [3.63, 3.8) is 0 Å². The summed E-state index contributed by atoms with van der Waals surface area (Å²) in [7, 11) is 1.49. The molecule has 0 amide bonds. The van der Waals surface area contributed by atoms with Crippen molar-refractivity contribution in [2.75, 3.05) is 11.9 Å². The van der Waals surface area contributed by atoms with Crippen molar-refractivity contribution in [2.45, 2.75) is 26.3 Å². The maximum Gasteiger partial charge on any atom is 0.326 e. The van der Waals surface area contributed by atoms with Gasteiger partial charge in [0.2, 0.25) is 0 Å². The maximum absolute atomic E-state index is 13.8. The van der Waals surface area contributed by atoms with E-state index in [9.17, 15) is 9.18 Å². The Morgan fingerprint density at radius 2 is 2.25 bits per heavy atom. The van der Waals surface area contributed by atoms with Gasteiger partial charge >= 0.3 is 5.97 Å². The molecule has 0 fully saturated rings. The number of halogens is 1. The first-order valence-corrected chi connectivity index (χ1v) is 4.94. The van der Waals surface area contributed by atoms with Gasteiger partial charge in [-0.05, 0) is 13.3 Å². The zero-order chi connectivity index (χ0) is 12.3. The van der Waals surface area contributed by atoms with Crippen molar-refractivity contribution in [3.05, 3.63) is 17.8 Å². The summed E-state index contributed by atoms with van der Waals surface area (Å²) in [4.78, 5) is 19.6. The second-order valence-corrected chi connectivity index (χ2v) is 3.44. The standard InChI is InChI=1S/C10H14FN3O2/c1-4-7-8(11)9(13-5-12-7)14(3)6(2)10(15)16/h5-6H,4H2,1-3H3,(H,15,16).